The number of esters is 1. The minimum atomic E-state index is -0.158. The molecular formula is C43H57N3O3. The molecular weight excluding hydrogens is 606 g/mol. The Morgan fingerprint density at radius 2 is 1.12 bits per heavy atom. The van der Waals surface area contributed by atoms with Crippen molar-refractivity contribution in [1.29, 1.82) is 0 Å². The van der Waals surface area contributed by atoms with E-state index in [-0.39, 0.29) is 11.9 Å². The average molecular weight is 664 g/mol. The molecule has 0 radical (unpaired) electrons. The standard InChI is InChI=1S/C43H57N3O3/c1-2-3-4-5-6-7-8-9-10-11-12-13-14-15-16-17-29-41(47)49-36-24-22-23-35(34-36)45-30-32-46(33-31-45)43(48)42-37-25-18-20-27-39(37)44-40-28-21-19-26-38(40)42/h18-28,34H,2-17,29-33H2,1H3. The van der Waals surface area contributed by atoms with Gasteiger partial charge in [-0.25, -0.2) is 4.98 Å². The normalized spacial score (nSPS) is 13.3. The van der Waals surface area contributed by atoms with Gasteiger partial charge in [-0.2, -0.15) is 0 Å². The van der Waals surface area contributed by atoms with E-state index >= 15 is 0 Å². The van der Waals surface area contributed by atoms with Crippen molar-refractivity contribution in [1.82, 2.24) is 9.88 Å². The van der Waals surface area contributed by atoms with Gasteiger partial charge in [0.1, 0.15) is 5.75 Å². The summed E-state index contributed by atoms with van der Waals surface area (Å²) >= 11 is 0. The number of rotatable bonds is 20. The molecule has 0 unspecified atom stereocenters. The van der Waals surface area contributed by atoms with Gasteiger partial charge in [0.15, 0.2) is 0 Å². The molecule has 5 rings (SSSR count). The molecule has 4 aromatic rings. The van der Waals surface area contributed by atoms with Crippen LogP contribution in [0.4, 0.5) is 5.69 Å². The second kappa shape index (κ2) is 19.9. The third kappa shape index (κ3) is 11.0. The van der Waals surface area contributed by atoms with Gasteiger partial charge in [0.2, 0.25) is 0 Å². The lowest BCUT2D eigenvalue weighted by atomic mass is 10.0. The van der Waals surface area contributed by atoms with E-state index in [0.717, 1.165) is 45.9 Å². The number of amides is 1. The summed E-state index contributed by atoms with van der Waals surface area (Å²) in [7, 11) is 0. The fraction of sp³-hybridized carbons (Fsp3) is 0.512. The third-order valence-corrected chi connectivity index (χ3v) is 10.0. The van der Waals surface area contributed by atoms with Crippen molar-refractivity contribution in [3.05, 3.63) is 78.4 Å². The summed E-state index contributed by atoms with van der Waals surface area (Å²) in [5, 5.41) is 1.78. The van der Waals surface area contributed by atoms with Gasteiger partial charge in [-0.1, -0.05) is 146 Å². The zero-order valence-corrected chi connectivity index (χ0v) is 29.8. The first-order chi connectivity index (χ1) is 24.1. The number of aromatic nitrogens is 1. The molecule has 0 aliphatic carbocycles. The molecule has 2 heterocycles. The molecule has 0 saturated carbocycles. The zero-order valence-electron chi connectivity index (χ0n) is 29.8. The van der Waals surface area contributed by atoms with Crippen LogP contribution in [0.5, 0.6) is 5.75 Å². The van der Waals surface area contributed by atoms with Crippen LogP contribution < -0.4 is 9.64 Å². The molecule has 6 heteroatoms. The summed E-state index contributed by atoms with van der Waals surface area (Å²) in [6.45, 7) is 4.94. The number of piperazine rings is 1. The van der Waals surface area contributed by atoms with Gasteiger partial charge < -0.3 is 14.5 Å². The number of nitrogens with zero attached hydrogens (tertiary/aromatic N) is 3. The molecule has 0 N–H and O–H groups in total. The number of ether oxygens (including phenoxy) is 1. The van der Waals surface area contributed by atoms with Crippen molar-refractivity contribution in [3.8, 4) is 5.75 Å². The molecule has 0 spiro atoms. The Bertz CT molecular complexity index is 1560. The molecule has 1 saturated heterocycles. The first-order valence-corrected chi connectivity index (χ1v) is 19.3. The fourth-order valence-corrected chi connectivity index (χ4v) is 7.14. The largest absolute Gasteiger partial charge is 0.426 e. The number of para-hydroxylation sites is 2. The number of hydrogen-bond donors (Lipinski definition) is 0. The molecule has 1 aliphatic rings. The van der Waals surface area contributed by atoms with Crippen molar-refractivity contribution < 1.29 is 14.3 Å². The molecule has 3 aromatic carbocycles. The minimum absolute atomic E-state index is 0.0474. The monoisotopic (exact) mass is 663 g/mol. The molecule has 1 aliphatic heterocycles. The second-order valence-corrected chi connectivity index (χ2v) is 13.8. The molecule has 0 bridgehead atoms. The van der Waals surface area contributed by atoms with Crippen molar-refractivity contribution in [2.75, 3.05) is 31.1 Å². The predicted molar refractivity (Wildman–Crippen MR) is 204 cm³/mol. The van der Waals surface area contributed by atoms with E-state index in [9.17, 15) is 9.59 Å². The van der Waals surface area contributed by atoms with Crippen LogP contribution in [-0.4, -0.2) is 47.9 Å². The van der Waals surface area contributed by atoms with Crippen LogP contribution >= 0.6 is 0 Å². The lowest BCUT2D eigenvalue weighted by molar-refractivity contribution is -0.134. The number of carbonyl (C=O) groups is 2. The van der Waals surface area contributed by atoms with E-state index in [1.165, 1.54) is 89.9 Å². The number of anilines is 1. The zero-order chi connectivity index (χ0) is 34.1. The lowest BCUT2D eigenvalue weighted by Crippen LogP contribution is -2.48. The van der Waals surface area contributed by atoms with Gasteiger partial charge in [0.05, 0.1) is 16.6 Å². The number of hydrogen-bond acceptors (Lipinski definition) is 5. The summed E-state index contributed by atoms with van der Waals surface area (Å²) in [5.74, 6) is 0.480. The SMILES string of the molecule is CCCCCCCCCCCCCCCCCCC(=O)Oc1cccc(N2CCN(C(=O)c3c4ccccc4nc4ccccc34)CC2)c1. The molecule has 1 aromatic heterocycles. The van der Waals surface area contributed by atoms with E-state index in [0.29, 0.717) is 38.3 Å². The van der Waals surface area contributed by atoms with Gasteiger partial charge in [0.25, 0.3) is 5.91 Å². The highest BCUT2D eigenvalue weighted by molar-refractivity contribution is 6.16. The van der Waals surface area contributed by atoms with Crippen molar-refractivity contribution in [3.63, 3.8) is 0 Å². The molecule has 262 valence electrons. The summed E-state index contributed by atoms with van der Waals surface area (Å²) in [6, 6.07) is 23.6. The van der Waals surface area contributed by atoms with E-state index in [1.54, 1.807) is 0 Å². The fourth-order valence-electron chi connectivity index (χ4n) is 7.14. The molecule has 1 amide bonds. The number of benzene rings is 3. The summed E-state index contributed by atoms with van der Waals surface area (Å²) in [6.07, 6.45) is 21.5. The molecule has 6 nitrogen and oxygen atoms in total. The van der Waals surface area contributed by atoms with Gasteiger partial charge in [-0.3, -0.25) is 9.59 Å². The van der Waals surface area contributed by atoms with Crippen LogP contribution in [0.3, 0.4) is 0 Å². The quantitative estimate of drug-likeness (QED) is 0.0407. The molecule has 1 fully saturated rings. The third-order valence-electron chi connectivity index (χ3n) is 10.0. The maximum atomic E-state index is 13.9. The van der Waals surface area contributed by atoms with Crippen LogP contribution in [0.2, 0.25) is 0 Å². The summed E-state index contributed by atoms with van der Waals surface area (Å²) in [5.41, 5.74) is 3.42. The molecule has 49 heavy (non-hydrogen) atoms. The van der Waals surface area contributed by atoms with Crippen LogP contribution in [-0.2, 0) is 4.79 Å². The van der Waals surface area contributed by atoms with E-state index in [2.05, 4.69) is 11.8 Å². The van der Waals surface area contributed by atoms with Crippen molar-refractivity contribution in [2.45, 2.75) is 116 Å². The maximum absolute atomic E-state index is 13.9. The Labute approximate surface area is 294 Å². The predicted octanol–water partition coefficient (Wildman–Crippen LogP) is 10.9. The highest BCUT2D eigenvalue weighted by atomic mass is 16.5. The Morgan fingerprint density at radius 3 is 1.67 bits per heavy atom. The summed E-state index contributed by atoms with van der Waals surface area (Å²) in [4.78, 5) is 35.5. The Morgan fingerprint density at radius 1 is 0.612 bits per heavy atom. The Kier molecular flexibility index (Phi) is 14.8. The van der Waals surface area contributed by atoms with Crippen LogP contribution in [0.25, 0.3) is 21.8 Å². The van der Waals surface area contributed by atoms with Crippen LogP contribution in [0, 0.1) is 0 Å². The van der Waals surface area contributed by atoms with E-state index in [1.807, 2.05) is 77.7 Å². The number of unbranched alkanes of at least 4 members (excludes halogenated alkanes) is 15. The summed E-state index contributed by atoms with van der Waals surface area (Å²) < 4.78 is 5.73. The first kappa shape index (κ1) is 36.4. The minimum Gasteiger partial charge on any atom is -0.426 e. The van der Waals surface area contributed by atoms with Crippen LogP contribution in [0.1, 0.15) is 126 Å². The topological polar surface area (TPSA) is 62.7 Å². The highest BCUT2D eigenvalue weighted by Gasteiger charge is 2.26. The van der Waals surface area contributed by atoms with Crippen molar-refractivity contribution >= 4 is 39.4 Å². The van der Waals surface area contributed by atoms with Gasteiger partial charge in [-0.15, -0.1) is 0 Å². The second-order valence-electron chi connectivity index (χ2n) is 13.8. The van der Waals surface area contributed by atoms with E-state index < -0.39 is 0 Å². The Balaban J connectivity index is 0.974. The molecule has 0 atom stereocenters. The van der Waals surface area contributed by atoms with Gasteiger partial charge >= 0.3 is 5.97 Å². The van der Waals surface area contributed by atoms with Crippen molar-refractivity contribution in [2.24, 2.45) is 0 Å². The van der Waals surface area contributed by atoms with E-state index in [4.69, 9.17) is 9.72 Å². The number of carbonyl (C=O) groups excluding carboxylic acids is 2. The van der Waals surface area contributed by atoms with Gasteiger partial charge in [0, 0.05) is 55.1 Å². The van der Waals surface area contributed by atoms with Crippen LogP contribution in [0.15, 0.2) is 72.8 Å². The van der Waals surface area contributed by atoms with Gasteiger partial charge in [-0.05, 0) is 30.7 Å². The highest BCUT2D eigenvalue weighted by Crippen LogP contribution is 2.29. The first-order valence-electron chi connectivity index (χ1n) is 19.3. The Hall–Kier alpha value is -3.93. The number of pyridine rings is 1. The number of fused-ring (bicyclic) bond motifs is 2. The maximum Gasteiger partial charge on any atom is 0.311 e. The smallest absolute Gasteiger partial charge is 0.311 e. The average Bonchev–Trinajstić information content (AvgIpc) is 3.13. The lowest BCUT2D eigenvalue weighted by Gasteiger charge is -2.36.